The maximum absolute atomic E-state index is 10.9. The molecule has 0 radical (unpaired) electrons. The van der Waals surface area contributed by atoms with Gasteiger partial charge < -0.3 is 5.32 Å². The second kappa shape index (κ2) is 15.6. The van der Waals surface area contributed by atoms with Crippen LogP contribution in [0.1, 0.15) is 90.9 Å². The first-order valence-corrected chi connectivity index (χ1v) is 9.07. The van der Waals surface area contributed by atoms with Crippen LogP contribution in [-0.4, -0.2) is 12.5 Å². The standard InChI is InChI=1S/C19H37NO/c1-4-19(21)20-17-15-13-11-9-7-5-6-8-10-12-14-16-18(2)3/h4,18H,1,5-17H2,2-3H3,(H,20,21). The monoisotopic (exact) mass is 295 g/mol. The van der Waals surface area contributed by atoms with Crippen molar-refractivity contribution in [1.82, 2.24) is 5.32 Å². The Morgan fingerprint density at radius 3 is 1.71 bits per heavy atom. The Labute approximate surface area is 132 Å². The lowest BCUT2D eigenvalue weighted by atomic mass is 10.0. The molecule has 0 saturated carbocycles. The summed E-state index contributed by atoms with van der Waals surface area (Å²) in [6, 6.07) is 0. The molecule has 0 bridgehead atoms. The molecule has 21 heavy (non-hydrogen) atoms. The van der Waals surface area contributed by atoms with Gasteiger partial charge in [-0.1, -0.05) is 91.1 Å². The molecule has 0 heterocycles. The number of nitrogens with one attached hydrogen (secondary N) is 1. The summed E-state index contributed by atoms with van der Waals surface area (Å²) in [6.45, 7) is 8.86. The molecule has 0 rings (SSSR count). The first kappa shape index (κ1) is 20.2. The number of unbranched alkanes of at least 4 members (excludes halogenated alkanes) is 10. The summed E-state index contributed by atoms with van der Waals surface area (Å²) in [6.07, 6.45) is 17.6. The molecule has 124 valence electrons. The Balaban J connectivity index is 3.02. The van der Waals surface area contributed by atoms with E-state index in [1.54, 1.807) is 0 Å². The van der Waals surface area contributed by atoms with Crippen LogP contribution in [0.5, 0.6) is 0 Å². The van der Waals surface area contributed by atoms with Gasteiger partial charge in [-0.05, 0) is 18.4 Å². The summed E-state index contributed by atoms with van der Waals surface area (Å²) < 4.78 is 0. The molecule has 0 saturated heterocycles. The van der Waals surface area contributed by atoms with E-state index in [0.717, 1.165) is 18.9 Å². The molecule has 2 heteroatoms. The Morgan fingerprint density at radius 2 is 1.29 bits per heavy atom. The molecule has 1 N–H and O–H groups in total. The summed E-state index contributed by atoms with van der Waals surface area (Å²) in [5.74, 6) is 0.818. The maximum atomic E-state index is 10.9. The third kappa shape index (κ3) is 17.2. The van der Waals surface area contributed by atoms with Crippen molar-refractivity contribution in [1.29, 1.82) is 0 Å². The molecule has 0 aliphatic carbocycles. The topological polar surface area (TPSA) is 29.1 Å². The molecular formula is C19H37NO. The van der Waals surface area contributed by atoms with Crippen molar-refractivity contribution in [2.24, 2.45) is 5.92 Å². The van der Waals surface area contributed by atoms with Crippen LogP contribution >= 0.6 is 0 Å². The summed E-state index contributed by atoms with van der Waals surface area (Å²) in [7, 11) is 0. The number of carbonyl (C=O) groups excluding carboxylic acids is 1. The SMILES string of the molecule is C=CC(=O)NCCCCCCCCCCCCCC(C)C. The van der Waals surface area contributed by atoms with Gasteiger partial charge in [0.25, 0.3) is 0 Å². The fraction of sp³-hybridized carbons (Fsp3) is 0.842. The van der Waals surface area contributed by atoms with Crippen LogP contribution in [0.25, 0.3) is 0 Å². The first-order valence-electron chi connectivity index (χ1n) is 9.07. The predicted molar refractivity (Wildman–Crippen MR) is 93.4 cm³/mol. The first-order chi connectivity index (χ1) is 10.2. The van der Waals surface area contributed by atoms with E-state index in [2.05, 4.69) is 25.7 Å². The molecule has 1 amide bonds. The van der Waals surface area contributed by atoms with Crippen LogP contribution in [0.4, 0.5) is 0 Å². The van der Waals surface area contributed by atoms with E-state index in [9.17, 15) is 4.79 Å². The Hall–Kier alpha value is -0.790. The third-order valence-corrected chi connectivity index (χ3v) is 3.94. The zero-order valence-corrected chi connectivity index (χ0v) is 14.5. The quantitative estimate of drug-likeness (QED) is 0.308. The van der Waals surface area contributed by atoms with E-state index in [1.807, 2.05) is 0 Å². The highest BCUT2D eigenvalue weighted by Gasteiger charge is 1.96. The highest BCUT2D eigenvalue weighted by Crippen LogP contribution is 2.13. The van der Waals surface area contributed by atoms with Crippen molar-refractivity contribution >= 4 is 5.91 Å². The van der Waals surface area contributed by atoms with E-state index in [1.165, 1.54) is 76.7 Å². The van der Waals surface area contributed by atoms with Crippen LogP contribution in [0.15, 0.2) is 12.7 Å². The molecule has 0 aromatic heterocycles. The molecular weight excluding hydrogens is 258 g/mol. The molecule has 0 atom stereocenters. The molecule has 0 unspecified atom stereocenters. The Bertz CT molecular complexity index is 248. The van der Waals surface area contributed by atoms with Gasteiger partial charge in [-0.3, -0.25) is 4.79 Å². The minimum absolute atomic E-state index is 0.0524. The van der Waals surface area contributed by atoms with Crippen molar-refractivity contribution in [2.45, 2.75) is 90.9 Å². The minimum Gasteiger partial charge on any atom is -0.353 e. The predicted octanol–water partition coefficient (Wildman–Crippen LogP) is 5.63. The average Bonchev–Trinajstić information content (AvgIpc) is 2.46. The van der Waals surface area contributed by atoms with Gasteiger partial charge in [-0.15, -0.1) is 0 Å². The number of carbonyl (C=O) groups is 1. The number of rotatable bonds is 15. The van der Waals surface area contributed by atoms with Crippen molar-refractivity contribution in [2.75, 3.05) is 6.54 Å². The van der Waals surface area contributed by atoms with Crippen LogP contribution in [0.2, 0.25) is 0 Å². The van der Waals surface area contributed by atoms with Gasteiger partial charge in [0.1, 0.15) is 0 Å². The van der Waals surface area contributed by atoms with E-state index >= 15 is 0 Å². The number of hydrogen-bond donors (Lipinski definition) is 1. The minimum atomic E-state index is -0.0524. The van der Waals surface area contributed by atoms with Crippen LogP contribution < -0.4 is 5.32 Å². The van der Waals surface area contributed by atoms with E-state index < -0.39 is 0 Å². The van der Waals surface area contributed by atoms with Crippen LogP contribution in [0.3, 0.4) is 0 Å². The van der Waals surface area contributed by atoms with E-state index in [-0.39, 0.29) is 5.91 Å². The molecule has 0 aliphatic heterocycles. The van der Waals surface area contributed by atoms with Crippen LogP contribution in [-0.2, 0) is 4.79 Å². The zero-order chi connectivity index (χ0) is 15.8. The van der Waals surface area contributed by atoms with Crippen molar-refractivity contribution in [3.8, 4) is 0 Å². The molecule has 2 nitrogen and oxygen atoms in total. The lowest BCUT2D eigenvalue weighted by molar-refractivity contribution is -0.116. The Kier molecular flexibility index (Phi) is 15.0. The highest BCUT2D eigenvalue weighted by molar-refractivity contribution is 5.86. The van der Waals surface area contributed by atoms with Crippen molar-refractivity contribution in [3.63, 3.8) is 0 Å². The summed E-state index contributed by atoms with van der Waals surface area (Å²) in [5.41, 5.74) is 0. The normalized spacial score (nSPS) is 10.8. The largest absolute Gasteiger partial charge is 0.353 e. The number of amides is 1. The smallest absolute Gasteiger partial charge is 0.243 e. The third-order valence-electron chi connectivity index (χ3n) is 3.94. The molecule has 0 aromatic rings. The fourth-order valence-electron chi connectivity index (χ4n) is 2.55. The van der Waals surface area contributed by atoms with Gasteiger partial charge in [0.15, 0.2) is 0 Å². The lowest BCUT2D eigenvalue weighted by Crippen LogP contribution is -2.21. The average molecular weight is 296 g/mol. The molecule has 0 fully saturated rings. The number of hydrogen-bond acceptors (Lipinski definition) is 1. The molecule has 0 spiro atoms. The molecule has 0 aromatic carbocycles. The summed E-state index contributed by atoms with van der Waals surface area (Å²) in [4.78, 5) is 10.9. The van der Waals surface area contributed by atoms with Gasteiger partial charge in [0.2, 0.25) is 5.91 Å². The van der Waals surface area contributed by atoms with E-state index in [4.69, 9.17) is 0 Å². The fourth-order valence-corrected chi connectivity index (χ4v) is 2.55. The van der Waals surface area contributed by atoms with Crippen molar-refractivity contribution in [3.05, 3.63) is 12.7 Å². The summed E-state index contributed by atoms with van der Waals surface area (Å²) in [5, 5.41) is 2.82. The second-order valence-corrected chi connectivity index (χ2v) is 6.57. The lowest BCUT2D eigenvalue weighted by Gasteiger charge is -2.05. The van der Waals surface area contributed by atoms with Gasteiger partial charge in [0.05, 0.1) is 0 Å². The summed E-state index contributed by atoms with van der Waals surface area (Å²) >= 11 is 0. The zero-order valence-electron chi connectivity index (χ0n) is 14.5. The van der Waals surface area contributed by atoms with Crippen LogP contribution in [0, 0.1) is 5.92 Å². The highest BCUT2D eigenvalue weighted by atomic mass is 16.1. The van der Waals surface area contributed by atoms with E-state index in [0.29, 0.717) is 0 Å². The molecule has 0 aliphatic rings. The maximum Gasteiger partial charge on any atom is 0.243 e. The van der Waals surface area contributed by atoms with Gasteiger partial charge in [-0.25, -0.2) is 0 Å². The van der Waals surface area contributed by atoms with Crippen molar-refractivity contribution < 1.29 is 4.79 Å². The Morgan fingerprint density at radius 1 is 0.857 bits per heavy atom. The second-order valence-electron chi connectivity index (χ2n) is 6.57. The van der Waals surface area contributed by atoms with Gasteiger partial charge in [-0.2, -0.15) is 0 Å². The van der Waals surface area contributed by atoms with Gasteiger partial charge >= 0.3 is 0 Å². The van der Waals surface area contributed by atoms with Gasteiger partial charge in [0, 0.05) is 6.54 Å².